The highest BCUT2D eigenvalue weighted by atomic mass is 32.2. The predicted octanol–water partition coefficient (Wildman–Crippen LogP) is 3.93. The maximum Gasteiger partial charge on any atom is 0.274 e. The smallest absolute Gasteiger partial charge is 0.274 e. The first-order valence-corrected chi connectivity index (χ1v) is 11.9. The van der Waals surface area contributed by atoms with E-state index in [1.807, 2.05) is 0 Å². The molecule has 168 valence electrons. The number of fused-ring (bicyclic) bond motifs is 2. The second-order valence-electron chi connectivity index (χ2n) is 9.48. The second kappa shape index (κ2) is 7.60. The third-order valence-electron chi connectivity index (χ3n) is 7.66. The SMILES string of the molecule is CC1(C(F)(F)C2CCN(C(=O)c3ccoc3)CC2)SC(N[C@H]2C[C@@H]3CC[C@H]2C3)=NC1=O. The first-order valence-electron chi connectivity index (χ1n) is 11.1. The van der Waals surface area contributed by atoms with Crippen LogP contribution in [0.2, 0.25) is 0 Å². The number of amides is 2. The van der Waals surface area contributed by atoms with Gasteiger partial charge >= 0.3 is 0 Å². The molecule has 0 aromatic carbocycles. The van der Waals surface area contributed by atoms with Crippen LogP contribution < -0.4 is 5.32 Å². The summed E-state index contributed by atoms with van der Waals surface area (Å²) in [6, 6.07) is 1.81. The number of furan rings is 1. The summed E-state index contributed by atoms with van der Waals surface area (Å²) in [5, 5.41) is 3.65. The summed E-state index contributed by atoms with van der Waals surface area (Å²) in [7, 11) is 0. The normalized spacial score (nSPS) is 33.8. The van der Waals surface area contributed by atoms with Gasteiger partial charge in [0, 0.05) is 25.0 Å². The number of rotatable bonds is 4. The van der Waals surface area contributed by atoms with Crippen LogP contribution in [0, 0.1) is 17.8 Å². The Morgan fingerprint density at radius 3 is 2.68 bits per heavy atom. The number of piperidine rings is 1. The number of hydrogen-bond acceptors (Lipinski definition) is 5. The Hall–Kier alpha value is -1.90. The summed E-state index contributed by atoms with van der Waals surface area (Å²) in [5.74, 6) is -3.89. The Bertz CT molecular complexity index is 898. The molecule has 1 unspecified atom stereocenters. The van der Waals surface area contributed by atoms with Gasteiger partial charge in [-0.05, 0) is 56.9 Å². The zero-order chi connectivity index (χ0) is 21.8. The summed E-state index contributed by atoms with van der Waals surface area (Å²) in [6.45, 7) is 1.79. The van der Waals surface area contributed by atoms with E-state index in [0.29, 0.717) is 22.6 Å². The minimum absolute atomic E-state index is 0.148. The molecule has 0 spiro atoms. The van der Waals surface area contributed by atoms with E-state index in [9.17, 15) is 9.59 Å². The quantitative estimate of drug-likeness (QED) is 0.751. The molecule has 0 radical (unpaired) electrons. The van der Waals surface area contributed by atoms with Gasteiger partial charge in [-0.25, -0.2) is 8.78 Å². The molecule has 31 heavy (non-hydrogen) atoms. The zero-order valence-corrected chi connectivity index (χ0v) is 18.3. The highest BCUT2D eigenvalue weighted by molar-refractivity contribution is 8.16. The minimum atomic E-state index is -3.22. The maximum absolute atomic E-state index is 15.6. The number of amidine groups is 1. The minimum Gasteiger partial charge on any atom is -0.472 e. The van der Waals surface area contributed by atoms with Crippen LogP contribution in [0.4, 0.5) is 8.78 Å². The number of nitrogens with zero attached hydrogens (tertiary/aromatic N) is 2. The molecule has 4 atom stereocenters. The van der Waals surface area contributed by atoms with Gasteiger partial charge in [0.1, 0.15) is 6.26 Å². The van der Waals surface area contributed by atoms with Gasteiger partial charge in [-0.15, -0.1) is 0 Å². The summed E-state index contributed by atoms with van der Waals surface area (Å²) < 4.78 is 34.3. The summed E-state index contributed by atoms with van der Waals surface area (Å²) >= 11 is 0.887. The molecule has 6 nitrogen and oxygen atoms in total. The van der Waals surface area contributed by atoms with Crippen LogP contribution in [0.1, 0.15) is 55.8 Å². The van der Waals surface area contributed by atoms with Crippen molar-refractivity contribution in [1.82, 2.24) is 10.2 Å². The first kappa shape index (κ1) is 21.0. The Labute approximate surface area is 184 Å². The van der Waals surface area contributed by atoms with Crippen LogP contribution in [-0.2, 0) is 4.79 Å². The zero-order valence-electron chi connectivity index (χ0n) is 17.5. The Kier molecular flexibility index (Phi) is 5.14. The lowest BCUT2D eigenvalue weighted by molar-refractivity contribution is -0.140. The average molecular weight is 452 g/mol. The van der Waals surface area contributed by atoms with E-state index in [1.54, 1.807) is 11.0 Å². The highest BCUT2D eigenvalue weighted by Gasteiger charge is 2.63. The Balaban J connectivity index is 1.22. The van der Waals surface area contributed by atoms with Gasteiger partial charge in [-0.3, -0.25) is 9.59 Å². The second-order valence-corrected chi connectivity index (χ2v) is 10.9. The summed E-state index contributed by atoms with van der Waals surface area (Å²) in [4.78, 5) is 30.7. The standard InChI is InChI=1S/C22H27F2N3O3S/c1-21(19(29)26-20(31-21)25-17-11-13-2-3-14(17)10-13)22(23,24)16-4-7-27(8-5-16)18(28)15-6-9-30-12-15/h6,9,12-14,16-17H,2-5,7-8,10-11H2,1H3,(H,25,26,29)/t13-,14+,17+,21?/m1/s1. The van der Waals surface area contributed by atoms with Crippen LogP contribution in [0.25, 0.3) is 0 Å². The van der Waals surface area contributed by atoms with Crippen LogP contribution in [-0.4, -0.2) is 51.7 Å². The monoisotopic (exact) mass is 451 g/mol. The van der Waals surface area contributed by atoms with Crippen molar-refractivity contribution in [3.63, 3.8) is 0 Å². The van der Waals surface area contributed by atoms with Gasteiger partial charge in [0.2, 0.25) is 0 Å². The van der Waals surface area contributed by atoms with Crippen molar-refractivity contribution in [2.24, 2.45) is 22.7 Å². The molecule has 1 saturated heterocycles. The largest absolute Gasteiger partial charge is 0.472 e. The van der Waals surface area contributed by atoms with Gasteiger partial charge in [0.25, 0.3) is 17.7 Å². The molecule has 1 N–H and O–H groups in total. The Morgan fingerprint density at radius 1 is 1.29 bits per heavy atom. The first-order chi connectivity index (χ1) is 14.8. The Morgan fingerprint density at radius 2 is 2.06 bits per heavy atom. The molecule has 2 bridgehead atoms. The van der Waals surface area contributed by atoms with Crippen molar-refractivity contribution in [3.8, 4) is 0 Å². The van der Waals surface area contributed by atoms with Crippen LogP contribution >= 0.6 is 11.8 Å². The number of carbonyl (C=O) groups excluding carboxylic acids is 2. The molecule has 5 rings (SSSR count). The molecule has 1 aromatic heterocycles. The van der Waals surface area contributed by atoms with Crippen LogP contribution in [0.15, 0.2) is 28.0 Å². The number of hydrogen-bond donors (Lipinski definition) is 1. The molecule has 9 heteroatoms. The summed E-state index contributed by atoms with van der Waals surface area (Å²) in [5.41, 5.74) is 0.420. The molecule has 3 heterocycles. The van der Waals surface area contributed by atoms with E-state index in [2.05, 4.69) is 10.3 Å². The molecule has 3 fully saturated rings. The van der Waals surface area contributed by atoms with Crippen molar-refractivity contribution in [2.45, 2.75) is 62.2 Å². The topological polar surface area (TPSA) is 74.9 Å². The van der Waals surface area contributed by atoms with Crippen molar-refractivity contribution >= 4 is 28.7 Å². The fourth-order valence-electron chi connectivity index (χ4n) is 5.71. The van der Waals surface area contributed by atoms with E-state index >= 15 is 8.78 Å². The van der Waals surface area contributed by atoms with Gasteiger partial charge in [0.15, 0.2) is 9.91 Å². The molecule has 2 amide bonds. The molecular weight excluding hydrogens is 424 g/mol. The van der Waals surface area contributed by atoms with E-state index in [4.69, 9.17) is 4.42 Å². The lowest BCUT2D eigenvalue weighted by atomic mass is 9.83. The van der Waals surface area contributed by atoms with E-state index in [0.717, 1.165) is 24.6 Å². The van der Waals surface area contributed by atoms with E-state index in [1.165, 1.54) is 32.3 Å². The molecular formula is C22H27F2N3O3S. The molecule has 4 aliphatic rings. The van der Waals surface area contributed by atoms with Gasteiger partial charge in [-0.2, -0.15) is 4.99 Å². The third-order valence-corrected chi connectivity index (χ3v) is 8.92. The fourth-order valence-corrected chi connectivity index (χ4v) is 6.88. The van der Waals surface area contributed by atoms with E-state index < -0.39 is 22.5 Å². The molecule has 2 aliphatic carbocycles. The number of carbonyl (C=O) groups is 2. The highest BCUT2D eigenvalue weighted by Crippen LogP contribution is 2.52. The number of alkyl halides is 2. The van der Waals surface area contributed by atoms with Crippen molar-refractivity contribution < 1.29 is 22.8 Å². The van der Waals surface area contributed by atoms with Crippen LogP contribution in [0.3, 0.4) is 0 Å². The number of thioether (sulfide) groups is 1. The van der Waals surface area contributed by atoms with Crippen molar-refractivity contribution in [2.75, 3.05) is 13.1 Å². The van der Waals surface area contributed by atoms with E-state index in [-0.39, 0.29) is 37.9 Å². The van der Waals surface area contributed by atoms with Crippen molar-refractivity contribution in [1.29, 1.82) is 0 Å². The lowest BCUT2D eigenvalue weighted by Gasteiger charge is -2.41. The molecule has 2 saturated carbocycles. The number of aliphatic imine (C=N–C) groups is 1. The third kappa shape index (κ3) is 3.49. The van der Waals surface area contributed by atoms with Crippen LogP contribution in [0.5, 0.6) is 0 Å². The van der Waals surface area contributed by atoms with Gasteiger partial charge < -0.3 is 14.6 Å². The molecule has 1 aromatic rings. The van der Waals surface area contributed by atoms with Gasteiger partial charge in [-0.1, -0.05) is 18.2 Å². The number of nitrogens with one attached hydrogen (secondary N) is 1. The number of likely N-dealkylation sites (tertiary alicyclic amines) is 1. The maximum atomic E-state index is 15.6. The molecule has 2 aliphatic heterocycles. The number of halogens is 2. The summed E-state index contributed by atoms with van der Waals surface area (Å²) in [6.07, 6.45) is 7.71. The lowest BCUT2D eigenvalue weighted by Crippen LogP contribution is -2.55. The van der Waals surface area contributed by atoms with Gasteiger partial charge in [0.05, 0.1) is 11.8 Å². The average Bonchev–Trinajstić information content (AvgIpc) is 3.54. The predicted molar refractivity (Wildman–Crippen MR) is 113 cm³/mol. The van der Waals surface area contributed by atoms with Crippen molar-refractivity contribution in [3.05, 3.63) is 24.2 Å². The fraction of sp³-hybridized carbons (Fsp3) is 0.682.